The summed E-state index contributed by atoms with van der Waals surface area (Å²) in [6, 6.07) is 8.04. The van der Waals surface area contributed by atoms with Crippen LogP contribution in [0.25, 0.3) is 10.8 Å². The Morgan fingerprint density at radius 2 is 1.73 bits per heavy atom. The fourth-order valence-corrected chi connectivity index (χ4v) is 5.79. The molecule has 0 N–H and O–H groups in total. The molecule has 2 aromatic rings. The van der Waals surface area contributed by atoms with E-state index in [-0.39, 0.29) is 5.39 Å². The van der Waals surface area contributed by atoms with Gasteiger partial charge in [-0.1, -0.05) is 56.9 Å². The highest BCUT2D eigenvalue weighted by molar-refractivity contribution is 5.85. The molecule has 2 unspecified atom stereocenters. The highest BCUT2D eigenvalue weighted by Gasteiger charge is 2.36. The molecule has 4 rings (SSSR count). The van der Waals surface area contributed by atoms with E-state index < -0.39 is 17.9 Å². The molecule has 0 heterocycles. The summed E-state index contributed by atoms with van der Waals surface area (Å²) in [5.41, 5.74) is 1.18. The first-order valence-corrected chi connectivity index (χ1v) is 11.3. The largest absolute Gasteiger partial charge is 0.573 e. The Morgan fingerprint density at radius 3 is 2.50 bits per heavy atom. The number of fused-ring (bicyclic) bond motifs is 2. The van der Waals surface area contributed by atoms with Gasteiger partial charge in [-0.3, -0.25) is 0 Å². The molecule has 0 aliphatic heterocycles. The second-order valence-electron chi connectivity index (χ2n) is 9.26. The van der Waals surface area contributed by atoms with Crippen LogP contribution in [0.2, 0.25) is 0 Å². The van der Waals surface area contributed by atoms with Crippen molar-refractivity contribution in [3.63, 3.8) is 0 Å². The van der Waals surface area contributed by atoms with Crippen LogP contribution in [0.3, 0.4) is 0 Å². The Labute approximate surface area is 175 Å². The minimum absolute atomic E-state index is 0.172. The molecule has 2 aliphatic rings. The number of hydrogen-bond donors (Lipinski definition) is 0. The van der Waals surface area contributed by atoms with Crippen LogP contribution in [0, 0.1) is 23.6 Å². The van der Waals surface area contributed by atoms with Crippen LogP contribution in [0.15, 0.2) is 30.3 Å². The lowest BCUT2D eigenvalue weighted by atomic mass is 9.63. The Balaban J connectivity index is 1.46. The van der Waals surface area contributed by atoms with Crippen molar-refractivity contribution in [1.29, 1.82) is 0 Å². The molecule has 5 heteroatoms. The maximum Gasteiger partial charge on any atom is 0.573 e. The van der Waals surface area contributed by atoms with E-state index >= 15 is 0 Å². The zero-order valence-corrected chi connectivity index (χ0v) is 17.5. The third kappa shape index (κ3) is 4.76. The molecule has 2 saturated carbocycles. The van der Waals surface area contributed by atoms with Crippen LogP contribution < -0.4 is 4.74 Å². The zero-order valence-electron chi connectivity index (χ0n) is 17.5. The van der Waals surface area contributed by atoms with Gasteiger partial charge in [0.1, 0.15) is 0 Å². The van der Waals surface area contributed by atoms with Crippen molar-refractivity contribution in [3.05, 3.63) is 41.7 Å². The SMILES string of the molecule is CCCC[C@@H]1CC[C@@H]2CC(c3ccc4c(F)c(OC(F)(F)F)ccc4c3)CCC2C1. The van der Waals surface area contributed by atoms with E-state index in [1.165, 1.54) is 63.0 Å². The minimum atomic E-state index is -4.90. The molecule has 0 spiro atoms. The second kappa shape index (κ2) is 8.76. The van der Waals surface area contributed by atoms with Crippen molar-refractivity contribution < 1.29 is 22.3 Å². The number of halogens is 4. The Bertz CT molecular complexity index is 875. The van der Waals surface area contributed by atoms with Gasteiger partial charge in [0.05, 0.1) is 0 Å². The van der Waals surface area contributed by atoms with E-state index in [4.69, 9.17) is 0 Å². The van der Waals surface area contributed by atoms with Crippen LogP contribution in [-0.2, 0) is 0 Å². The second-order valence-corrected chi connectivity index (χ2v) is 9.26. The predicted molar refractivity (Wildman–Crippen MR) is 111 cm³/mol. The van der Waals surface area contributed by atoms with Crippen molar-refractivity contribution in [1.82, 2.24) is 0 Å². The summed E-state index contributed by atoms with van der Waals surface area (Å²) >= 11 is 0. The molecule has 0 radical (unpaired) electrons. The molecule has 2 fully saturated rings. The van der Waals surface area contributed by atoms with Crippen molar-refractivity contribution in [2.45, 2.75) is 77.0 Å². The maximum atomic E-state index is 14.5. The van der Waals surface area contributed by atoms with Crippen molar-refractivity contribution >= 4 is 10.8 Å². The summed E-state index contributed by atoms with van der Waals surface area (Å²) in [7, 11) is 0. The van der Waals surface area contributed by atoms with Gasteiger partial charge in [0.15, 0.2) is 11.6 Å². The third-order valence-corrected chi connectivity index (χ3v) is 7.33. The van der Waals surface area contributed by atoms with E-state index in [1.54, 1.807) is 6.07 Å². The Kier molecular flexibility index (Phi) is 6.26. The molecular weight excluding hydrogens is 392 g/mol. The number of rotatable bonds is 5. The number of benzene rings is 2. The van der Waals surface area contributed by atoms with Gasteiger partial charge in [-0.15, -0.1) is 13.2 Å². The van der Waals surface area contributed by atoms with Gasteiger partial charge in [0.2, 0.25) is 0 Å². The normalized spacial score (nSPS) is 27.1. The molecule has 0 aromatic heterocycles. The topological polar surface area (TPSA) is 9.23 Å². The lowest BCUT2D eigenvalue weighted by Crippen LogP contribution is -2.30. The van der Waals surface area contributed by atoms with Gasteiger partial charge in [0, 0.05) is 5.39 Å². The minimum Gasteiger partial charge on any atom is -0.403 e. The summed E-state index contributed by atoms with van der Waals surface area (Å²) in [5, 5.41) is 0.801. The van der Waals surface area contributed by atoms with Gasteiger partial charge in [-0.25, -0.2) is 4.39 Å². The average Bonchev–Trinajstić information content (AvgIpc) is 2.72. The first-order chi connectivity index (χ1) is 14.3. The Morgan fingerprint density at radius 1 is 0.967 bits per heavy atom. The van der Waals surface area contributed by atoms with E-state index in [9.17, 15) is 17.6 Å². The summed E-state index contributed by atoms with van der Waals surface area (Å²) in [5.74, 6) is 1.25. The first kappa shape index (κ1) is 21.5. The highest BCUT2D eigenvalue weighted by Crippen LogP contribution is 2.48. The van der Waals surface area contributed by atoms with Gasteiger partial charge < -0.3 is 4.74 Å². The standard InChI is InChI=1S/C25H30F4O/c1-2-3-4-16-5-6-18-14-19(8-7-17(18)13-16)20-9-11-22-21(15-20)10-12-23(24(22)26)30-25(27,28)29/h9-12,15-19H,2-8,13-14H2,1H3/t16-,17?,18-,19?/m1/s1. The van der Waals surface area contributed by atoms with Crippen molar-refractivity contribution in [3.8, 4) is 5.75 Å². The number of alkyl halides is 3. The first-order valence-electron chi connectivity index (χ1n) is 11.3. The molecule has 0 bridgehead atoms. The van der Waals surface area contributed by atoms with Crippen LogP contribution in [-0.4, -0.2) is 6.36 Å². The molecule has 2 aliphatic carbocycles. The quantitative estimate of drug-likeness (QED) is 0.440. The van der Waals surface area contributed by atoms with Gasteiger partial charge in [-0.2, -0.15) is 0 Å². The van der Waals surface area contributed by atoms with Crippen LogP contribution in [0.4, 0.5) is 17.6 Å². The zero-order chi connectivity index (χ0) is 21.3. The molecule has 0 amide bonds. The van der Waals surface area contributed by atoms with E-state index in [2.05, 4.69) is 11.7 Å². The van der Waals surface area contributed by atoms with Crippen molar-refractivity contribution in [2.75, 3.05) is 0 Å². The molecular formula is C25H30F4O. The van der Waals surface area contributed by atoms with E-state index in [0.717, 1.165) is 30.2 Å². The number of ether oxygens (including phenoxy) is 1. The lowest BCUT2D eigenvalue weighted by Gasteiger charge is -2.42. The molecule has 30 heavy (non-hydrogen) atoms. The fraction of sp³-hybridized carbons (Fsp3) is 0.600. The summed E-state index contributed by atoms with van der Waals surface area (Å²) in [4.78, 5) is 0. The monoisotopic (exact) mass is 422 g/mol. The molecule has 2 aromatic carbocycles. The molecule has 1 nitrogen and oxygen atoms in total. The Hall–Kier alpha value is -1.78. The number of hydrogen-bond acceptors (Lipinski definition) is 1. The maximum absolute atomic E-state index is 14.5. The molecule has 164 valence electrons. The summed E-state index contributed by atoms with van der Waals surface area (Å²) < 4.78 is 55.7. The van der Waals surface area contributed by atoms with Gasteiger partial charge in [-0.05, 0) is 72.8 Å². The smallest absolute Gasteiger partial charge is 0.403 e. The van der Waals surface area contributed by atoms with E-state index in [1.807, 2.05) is 12.1 Å². The van der Waals surface area contributed by atoms with Crippen LogP contribution >= 0.6 is 0 Å². The van der Waals surface area contributed by atoms with Crippen molar-refractivity contribution in [2.24, 2.45) is 17.8 Å². The van der Waals surface area contributed by atoms with Gasteiger partial charge >= 0.3 is 6.36 Å². The van der Waals surface area contributed by atoms with Crippen LogP contribution in [0.5, 0.6) is 5.75 Å². The fourth-order valence-electron chi connectivity index (χ4n) is 5.79. The number of unbranched alkanes of at least 4 members (excludes halogenated alkanes) is 1. The average molecular weight is 423 g/mol. The lowest BCUT2D eigenvalue weighted by molar-refractivity contribution is -0.275. The summed E-state index contributed by atoms with van der Waals surface area (Å²) in [6.07, 6.45) is 6.70. The molecule has 4 atom stereocenters. The summed E-state index contributed by atoms with van der Waals surface area (Å²) in [6.45, 7) is 2.26. The highest BCUT2D eigenvalue weighted by atomic mass is 19.4. The molecule has 0 saturated heterocycles. The van der Waals surface area contributed by atoms with Crippen LogP contribution in [0.1, 0.15) is 76.2 Å². The van der Waals surface area contributed by atoms with Gasteiger partial charge in [0.25, 0.3) is 0 Å². The third-order valence-electron chi connectivity index (χ3n) is 7.33. The predicted octanol–water partition coefficient (Wildman–Crippen LogP) is 8.37. The van der Waals surface area contributed by atoms with E-state index in [0.29, 0.717) is 11.3 Å².